The van der Waals surface area contributed by atoms with E-state index >= 15 is 0 Å². The number of carbonyl (C=O) groups excluding carboxylic acids is 5. The topological polar surface area (TPSA) is 205 Å². The number of hydrogen-bond acceptors (Lipinski definition) is 12. The Morgan fingerprint density at radius 3 is 2.56 bits per heavy atom. The van der Waals surface area contributed by atoms with Crippen LogP contribution in [0.4, 0.5) is 20.4 Å². The lowest BCUT2D eigenvalue weighted by Gasteiger charge is -2.30. The molecule has 5 aliphatic rings. The highest BCUT2D eigenvalue weighted by Gasteiger charge is 2.62. The summed E-state index contributed by atoms with van der Waals surface area (Å²) < 4.78 is 39.3. The molecule has 0 unspecified atom stereocenters. The maximum Gasteiger partial charge on any atom is 0.410 e. The summed E-state index contributed by atoms with van der Waals surface area (Å²) in [6, 6.07) is 7.41. The second kappa shape index (κ2) is 16.3. The highest BCUT2D eigenvalue weighted by atomic mass is 32.2. The highest BCUT2D eigenvalue weighted by Crippen LogP contribution is 2.46. The Morgan fingerprint density at radius 1 is 1.05 bits per heavy atom. The van der Waals surface area contributed by atoms with Gasteiger partial charge < -0.3 is 35.2 Å². The predicted octanol–water partition coefficient (Wildman–Crippen LogP) is 4.25. The minimum absolute atomic E-state index is 0.0775. The maximum atomic E-state index is 14.4. The first-order valence-electron chi connectivity index (χ1n) is 19.7. The van der Waals surface area contributed by atoms with Crippen molar-refractivity contribution in [3.05, 3.63) is 53.1 Å². The van der Waals surface area contributed by atoms with Crippen LogP contribution >= 0.6 is 11.3 Å². The van der Waals surface area contributed by atoms with E-state index in [9.17, 15) is 32.4 Å². The summed E-state index contributed by atoms with van der Waals surface area (Å²) >= 11 is 1.45. The van der Waals surface area contributed by atoms with Gasteiger partial charge in [0.2, 0.25) is 21.8 Å². The van der Waals surface area contributed by atoms with E-state index in [1.54, 1.807) is 25.7 Å². The van der Waals surface area contributed by atoms with Crippen LogP contribution in [-0.2, 0) is 46.8 Å². The van der Waals surface area contributed by atoms with Gasteiger partial charge in [-0.15, -0.1) is 0 Å². The summed E-state index contributed by atoms with van der Waals surface area (Å²) in [4.78, 5) is 77.6. The molecule has 0 radical (unpaired) electrons. The molecule has 2 aromatic rings. The Hall–Kier alpha value is -4.71. The Balaban J connectivity index is 1.10. The number of nitrogens with zero attached hydrogens (tertiary/aromatic N) is 3. The summed E-state index contributed by atoms with van der Waals surface area (Å²) in [5, 5.41) is 8.91. The number of ether oxygens (including phenoxy) is 2. The number of nitrogens with one attached hydrogen (secondary N) is 4. The van der Waals surface area contributed by atoms with Crippen molar-refractivity contribution >= 4 is 62.1 Å². The number of sulfonamides is 1. The van der Waals surface area contributed by atoms with Crippen LogP contribution < -0.4 is 20.7 Å². The molecular weight excluding hydrogens is 775 g/mol. The summed E-state index contributed by atoms with van der Waals surface area (Å²) in [5.41, 5.74) is -0.571. The number of fused-ring (bicyclic) bond motifs is 3. The number of allylic oxidation sites excluding steroid dienone is 1. The summed E-state index contributed by atoms with van der Waals surface area (Å²) in [6.45, 7) is 5.63. The van der Waals surface area contributed by atoms with E-state index in [0.717, 1.165) is 29.1 Å². The lowest BCUT2D eigenvalue weighted by atomic mass is 10.0. The third-order valence-corrected chi connectivity index (χ3v) is 13.6. The Kier molecular flexibility index (Phi) is 11.6. The minimum atomic E-state index is -3.91. The molecule has 0 bridgehead atoms. The number of hydrogen-bond donors (Lipinski definition) is 4. The van der Waals surface area contributed by atoms with Crippen LogP contribution in [0.1, 0.15) is 89.1 Å². The summed E-state index contributed by atoms with van der Waals surface area (Å²) in [6.07, 6.45) is 6.07. The van der Waals surface area contributed by atoms with Gasteiger partial charge in [-0.3, -0.25) is 19.1 Å². The molecule has 3 aliphatic heterocycles. The van der Waals surface area contributed by atoms with Crippen molar-refractivity contribution < 1.29 is 41.9 Å². The number of rotatable bonds is 7. The molecule has 16 nitrogen and oxygen atoms in total. The molecular formula is C39H51N7O9S2. The fourth-order valence-corrected chi connectivity index (χ4v) is 9.97. The molecule has 308 valence electrons. The average Bonchev–Trinajstić information content (AvgIpc) is 4.04. The predicted molar refractivity (Wildman–Crippen MR) is 211 cm³/mol. The Morgan fingerprint density at radius 2 is 1.82 bits per heavy atom. The van der Waals surface area contributed by atoms with Gasteiger partial charge in [0.25, 0.3) is 5.91 Å². The van der Waals surface area contributed by atoms with Crippen molar-refractivity contribution in [2.24, 2.45) is 5.92 Å². The largest absolute Gasteiger partial charge is 0.444 e. The molecule has 5 atom stereocenters. The first kappa shape index (κ1) is 40.5. The molecule has 5 amide bonds. The lowest BCUT2D eigenvalue weighted by molar-refractivity contribution is -0.141. The van der Waals surface area contributed by atoms with Crippen LogP contribution in [0.2, 0.25) is 0 Å². The van der Waals surface area contributed by atoms with Crippen LogP contribution in [0, 0.1) is 5.92 Å². The number of alkyl carbamates (subject to hydrolysis) is 1. The van der Waals surface area contributed by atoms with Crippen LogP contribution in [0.3, 0.4) is 0 Å². The second-order valence-electron chi connectivity index (χ2n) is 16.5. The minimum Gasteiger partial charge on any atom is -0.444 e. The fraction of sp³-hybridized carbons (Fsp3) is 0.590. The molecule has 1 aromatic heterocycles. The van der Waals surface area contributed by atoms with E-state index < -0.39 is 80.4 Å². The van der Waals surface area contributed by atoms with Gasteiger partial charge >= 0.3 is 12.2 Å². The van der Waals surface area contributed by atoms with E-state index in [4.69, 9.17) is 14.5 Å². The van der Waals surface area contributed by atoms with Gasteiger partial charge in [0.1, 0.15) is 29.3 Å². The molecule has 4 heterocycles. The average molecular weight is 826 g/mol. The molecule has 0 spiro atoms. The zero-order valence-corrected chi connectivity index (χ0v) is 34.1. The van der Waals surface area contributed by atoms with Crippen LogP contribution in [-0.4, -0.2) is 101 Å². The van der Waals surface area contributed by atoms with Gasteiger partial charge in [-0.05, 0) is 71.4 Å². The van der Waals surface area contributed by atoms with E-state index in [1.807, 2.05) is 42.5 Å². The highest BCUT2D eigenvalue weighted by molar-refractivity contribution is 7.91. The van der Waals surface area contributed by atoms with E-state index in [-0.39, 0.29) is 32.4 Å². The molecule has 1 saturated heterocycles. The van der Waals surface area contributed by atoms with E-state index in [1.165, 1.54) is 16.2 Å². The van der Waals surface area contributed by atoms with Crippen molar-refractivity contribution in [2.75, 3.05) is 18.4 Å². The van der Waals surface area contributed by atoms with Crippen molar-refractivity contribution in [3.8, 4) is 0 Å². The number of para-hydroxylation sites is 1. The van der Waals surface area contributed by atoms with E-state index in [2.05, 4.69) is 20.7 Å². The number of amides is 5. The zero-order valence-electron chi connectivity index (χ0n) is 32.5. The van der Waals surface area contributed by atoms with Crippen molar-refractivity contribution in [1.82, 2.24) is 30.1 Å². The number of thiazole rings is 1. The molecule has 3 fully saturated rings. The number of anilines is 2. The zero-order chi connectivity index (χ0) is 40.5. The van der Waals surface area contributed by atoms with Crippen LogP contribution in [0.15, 0.2) is 42.5 Å². The van der Waals surface area contributed by atoms with Crippen molar-refractivity contribution in [1.29, 1.82) is 0 Å². The molecule has 1 aromatic carbocycles. The smallest absolute Gasteiger partial charge is 0.410 e. The summed E-state index contributed by atoms with van der Waals surface area (Å²) in [7, 11) is -3.91. The van der Waals surface area contributed by atoms with Gasteiger partial charge in [0, 0.05) is 35.9 Å². The van der Waals surface area contributed by atoms with Crippen LogP contribution in [0.25, 0.3) is 0 Å². The normalized spacial score (nSPS) is 27.3. The molecule has 57 heavy (non-hydrogen) atoms. The molecule has 2 aliphatic carbocycles. The molecule has 4 N–H and O–H groups in total. The lowest BCUT2D eigenvalue weighted by Crippen LogP contribution is -2.58. The number of carbonyl (C=O) groups is 5. The Labute approximate surface area is 336 Å². The van der Waals surface area contributed by atoms with Gasteiger partial charge in [0.05, 0.1) is 24.0 Å². The standard InChI is InChI=1S/C39H51N7O9S2/c1-38(2,3)55-36(50)42-29-15-11-6-4-5-8-12-24-21-39(24,34(49)44-57(52,53)27-16-17-27)43-32(47)30-20-26(22-46(30)33(29)48)54-37(51)45-19-18-28-31(23-45)56-35(41-28)40-25-13-9-7-10-14-25/h7-10,12-14,24,26-27,29-30H,4-6,11,15-23H2,1-3H3,(H,40,41)(H,42,50)(H,43,47)(H,44,49)/b12-8-/t24-,26+,29-,30-,39+/m0/s1. The van der Waals surface area contributed by atoms with Gasteiger partial charge in [-0.1, -0.05) is 54.5 Å². The second-order valence-corrected chi connectivity index (χ2v) is 19.6. The monoisotopic (exact) mass is 825 g/mol. The SMILES string of the molecule is CC(C)(C)OC(=O)N[C@H]1CCCCC/C=C\[C@H]2C[C@@]2(C(=O)NS(=O)(=O)C2CC2)NC(=O)[C@@H]2C[C@@H](OC(=O)N3CCc4nc(Nc5ccccc5)sc4C3)CN2C1=O. The molecule has 18 heteroatoms. The van der Waals surface area contributed by atoms with Crippen LogP contribution in [0.5, 0.6) is 0 Å². The molecule has 7 rings (SSSR count). The quantitative estimate of drug-likeness (QED) is 0.291. The third-order valence-electron chi connectivity index (χ3n) is 10.8. The first-order chi connectivity index (χ1) is 27.1. The summed E-state index contributed by atoms with van der Waals surface area (Å²) in [5.74, 6) is -2.52. The third kappa shape index (κ3) is 9.71. The number of aromatic nitrogens is 1. The molecule has 2 saturated carbocycles. The first-order valence-corrected chi connectivity index (χ1v) is 22.1. The van der Waals surface area contributed by atoms with Gasteiger partial charge in [-0.25, -0.2) is 23.0 Å². The van der Waals surface area contributed by atoms with Gasteiger partial charge in [-0.2, -0.15) is 0 Å². The van der Waals surface area contributed by atoms with E-state index in [0.29, 0.717) is 43.8 Å². The van der Waals surface area contributed by atoms with Crippen molar-refractivity contribution in [2.45, 2.75) is 126 Å². The Bertz CT molecular complexity index is 2010. The fourth-order valence-electron chi connectivity index (χ4n) is 7.56. The maximum absolute atomic E-state index is 14.4. The number of benzene rings is 1. The van der Waals surface area contributed by atoms with Gasteiger partial charge in [0.15, 0.2) is 5.13 Å². The van der Waals surface area contributed by atoms with Crippen molar-refractivity contribution in [3.63, 3.8) is 0 Å².